The lowest BCUT2D eigenvalue weighted by molar-refractivity contribution is -0.443. The summed E-state index contributed by atoms with van der Waals surface area (Å²) in [6.45, 7) is 3.38. The molecule has 4 heterocycles. The molecule has 0 radical (unpaired) electrons. The number of fused-ring (bicyclic) bond motifs is 3. The molecular weight excluding hydrogens is 482 g/mol. The summed E-state index contributed by atoms with van der Waals surface area (Å²) in [4.78, 5) is 27.3. The minimum Gasteiger partial charge on any atom is -0.388 e. The maximum absolute atomic E-state index is 14.3. The predicted molar refractivity (Wildman–Crippen MR) is 110 cm³/mol. The molecule has 5 saturated carbocycles. The minimum atomic E-state index is -0.816. The SMILES string of the molecule is C[C@]12CC(=O)[C@@]34[C@@H](Br)[C@@]35[C@H]3O[C@H]6O[C@]5(CC[C@H]4[C@@H]1CCC21OCCO1)C[C@@H]([C@H]3O)N6C=O. The van der Waals surface area contributed by atoms with E-state index < -0.39 is 40.8 Å². The normalized spacial score (nSPS) is 62.5. The number of nitrogens with zero attached hydrogens (tertiary/aromatic N) is 1. The van der Waals surface area contributed by atoms with Gasteiger partial charge in [0.25, 0.3) is 0 Å². The van der Waals surface area contributed by atoms with Crippen molar-refractivity contribution in [2.45, 2.75) is 86.3 Å². The lowest BCUT2D eigenvalue weighted by atomic mass is 9.47. The fourth-order valence-electron chi connectivity index (χ4n) is 10.3. The highest BCUT2D eigenvalue weighted by atomic mass is 79.9. The number of amides is 1. The average Bonchev–Trinajstić information content (AvgIpc) is 3.07. The third kappa shape index (κ3) is 1.59. The zero-order chi connectivity index (χ0) is 21.9. The Bertz CT molecular complexity index is 957. The van der Waals surface area contributed by atoms with Crippen molar-refractivity contribution in [3.05, 3.63) is 0 Å². The number of halogens is 1. The van der Waals surface area contributed by atoms with Crippen molar-refractivity contribution in [1.29, 1.82) is 0 Å². The summed E-state index contributed by atoms with van der Waals surface area (Å²) >= 11 is 3.98. The number of ketones is 1. The minimum absolute atomic E-state index is 0.0988. The molecule has 9 heteroatoms. The van der Waals surface area contributed by atoms with Gasteiger partial charge in [-0.25, -0.2) is 0 Å². The zero-order valence-corrected chi connectivity index (χ0v) is 19.6. The second-order valence-corrected chi connectivity index (χ2v) is 12.6. The molecule has 1 N–H and O–H groups in total. The molecule has 4 spiro atoms. The average molecular weight is 510 g/mol. The van der Waals surface area contributed by atoms with E-state index in [0.29, 0.717) is 32.0 Å². The van der Waals surface area contributed by atoms with Gasteiger partial charge < -0.3 is 24.1 Å². The highest BCUT2D eigenvalue weighted by Gasteiger charge is 2.97. The Hall–Kier alpha value is -0.580. The summed E-state index contributed by atoms with van der Waals surface area (Å²) < 4.78 is 25.2. The molecule has 9 aliphatic rings. The molecule has 0 aromatic rings. The largest absolute Gasteiger partial charge is 0.388 e. The van der Waals surface area contributed by atoms with E-state index in [1.54, 1.807) is 0 Å². The van der Waals surface area contributed by atoms with E-state index in [1.165, 1.54) is 4.90 Å². The van der Waals surface area contributed by atoms with Crippen LogP contribution in [-0.2, 0) is 28.5 Å². The number of alkyl halides is 1. The van der Waals surface area contributed by atoms with Crippen LogP contribution in [-0.4, -0.2) is 76.3 Å². The van der Waals surface area contributed by atoms with Crippen LogP contribution in [0.1, 0.15) is 45.4 Å². The summed E-state index contributed by atoms with van der Waals surface area (Å²) in [5.74, 6) is 0.0854. The molecule has 32 heavy (non-hydrogen) atoms. The zero-order valence-electron chi connectivity index (χ0n) is 18.0. The maximum atomic E-state index is 14.3. The smallest absolute Gasteiger partial charge is 0.243 e. The number of carbonyl (C=O) groups excluding carboxylic acids is 2. The first-order valence-electron chi connectivity index (χ1n) is 12.0. The van der Waals surface area contributed by atoms with Gasteiger partial charge >= 0.3 is 0 Å². The Labute approximate surface area is 194 Å². The molecule has 0 unspecified atom stereocenters. The monoisotopic (exact) mass is 509 g/mol. The number of hydrogen-bond donors (Lipinski definition) is 1. The van der Waals surface area contributed by atoms with E-state index in [4.69, 9.17) is 18.9 Å². The van der Waals surface area contributed by atoms with Gasteiger partial charge in [-0.1, -0.05) is 22.9 Å². The number of hydrogen-bond acceptors (Lipinski definition) is 7. The van der Waals surface area contributed by atoms with Crippen molar-refractivity contribution in [1.82, 2.24) is 4.90 Å². The second-order valence-electron chi connectivity index (χ2n) is 11.6. The first-order chi connectivity index (χ1) is 15.3. The molecular formula is C23H28BrNO7. The van der Waals surface area contributed by atoms with E-state index in [-0.39, 0.29) is 28.0 Å². The van der Waals surface area contributed by atoms with E-state index in [2.05, 4.69) is 22.9 Å². The highest BCUT2D eigenvalue weighted by molar-refractivity contribution is 9.09. The number of Topliss-reactive ketones (excluding diaryl/α,β-unsaturated/α-hetero) is 1. The van der Waals surface area contributed by atoms with Crippen molar-refractivity contribution in [3.63, 3.8) is 0 Å². The van der Waals surface area contributed by atoms with Gasteiger partial charge in [-0.15, -0.1) is 0 Å². The van der Waals surface area contributed by atoms with Gasteiger partial charge in [-0.05, 0) is 31.1 Å². The third-order valence-electron chi connectivity index (χ3n) is 11.3. The topological polar surface area (TPSA) is 94.5 Å². The molecule has 4 bridgehead atoms. The number of ether oxygens (including phenoxy) is 4. The number of aliphatic hydroxyl groups excluding tert-OH is 1. The molecule has 4 aliphatic heterocycles. The Balaban J connectivity index is 1.27. The second kappa shape index (κ2) is 5.46. The van der Waals surface area contributed by atoms with E-state index in [1.807, 2.05) is 0 Å². The molecule has 174 valence electrons. The standard InChI is InChI=1S/C23H28BrNO7/c1-19-9-14(27)22-12(11(19)3-5-21(19)29-6-7-30-21)2-4-20-8-13-15(28)16(23(20,22)17(22)24)31-18(32-20)25(13)10-26/h10-13,15-18,28H,2-9H2,1H3/t11-,12-,13-,15+,16-,17+,18-,19-,20+,22-,23+/m0/s1. The predicted octanol–water partition coefficient (Wildman–Crippen LogP) is 1.32. The van der Waals surface area contributed by atoms with Crippen LogP contribution in [0.4, 0.5) is 0 Å². The molecule has 0 aromatic carbocycles. The van der Waals surface area contributed by atoms with Crippen LogP contribution in [0.2, 0.25) is 0 Å². The Kier molecular flexibility index (Phi) is 3.36. The summed E-state index contributed by atoms with van der Waals surface area (Å²) in [6, 6.07) is -0.316. The van der Waals surface area contributed by atoms with Gasteiger partial charge in [0, 0.05) is 29.5 Å². The Morgan fingerprint density at radius 1 is 1.19 bits per heavy atom. The first kappa shape index (κ1) is 19.7. The van der Waals surface area contributed by atoms with Crippen LogP contribution in [0.3, 0.4) is 0 Å². The van der Waals surface area contributed by atoms with Gasteiger partial charge in [-0.2, -0.15) is 0 Å². The lowest BCUT2D eigenvalue weighted by Gasteiger charge is -2.69. The van der Waals surface area contributed by atoms with Crippen molar-refractivity contribution in [2.75, 3.05) is 13.2 Å². The Morgan fingerprint density at radius 3 is 2.69 bits per heavy atom. The van der Waals surface area contributed by atoms with Crippen LogP contribution < -0.4 is 0 Å². The summed E-state index contributed by atoms with van der Waals surface area (Å²) in [5, 5.41) is 11.3. The summed E-state index contributed by atoms with van der Waals surface area (Å²) in [6.07, 6.45) is 3.14. The molecule has 8 nitrogen and oxygen atoms in total. The number of carbonyl (C=O) groups is 2. The fraction of sp³-hybridized carbons (Fsp3) is 0.913. The molecule has 9 rings (SSSR count). The van der Waals surface area contributed by atoms with Gasteiger partial charge in [0.2, 0.25) is 12.8 Å². The molecule has 4 saturated heterocycles. The van der Waals surface area contributed by atoms with Gasteiger partial charge in [-0.3, -0.25) is 14.5 Å². The highest BCUT2D eigenvalue weighted by Crippen LogP contribution is 2.89. The summed E-state index contributed by atoms with van der Waals surface area (Å²) in [7, 11) is 0. The van der Waals surface area contributed by atoms with Crippen molar-refractivity contribution < 1.29 is 33.6 Å². The fourth-order valence-corrected chi connectivity index (χ4v) is 12.2. The van der Waals surface area contributed by atoms with Gasteiger partial charge in [0.05, 0.1) is 35.7 Å². The third-order valence-corrected chi connectivity index (χ3v) is 12.8. The van der Waals surface area contributed by atoms with Crippen LogP contribution in [0.15, 0.2) is 0 Å². The van der Waals surface area contributed by atoms with Crippen molar-refractivity contribution >= 4 is 28.1 Å². The Morgan fingerprint density at radius 2 is 1.94 bits per heavy atom. The van der Waals surface area contributed by atoms with E-state index >= 15 is 0 Å². The quantitative estimate of drug-likeness (QED) is 0.420. The van der Waals surface area contributed by atoms with Gasteiger partial charge in [0.15, 0.2) is 5.79 Å². The molecule has 5 aliphatic carbocycles. The number of aliphatic hydroxyl groups is 1. The molecule has 0 aromatic heterocycles. The first-order valence-corrected chi connectivity index (χ1v) is 12.9. The van der Waals surface area contributed by atoms with Crippen LogP contribution in [0.5, 0.6) is 0 Å². The van der Waals surface area contributed by atoms with Crippen LogP contribution in [0.25, 0.3) is 0 Å². The van der Waals surface area contributed by atoms with Crippen molar-refractivity contribution in [2.24, 2.45) is 28.1 Å². The van der Waals surface area contributed by atoms with Crippen LogP contribution >= 0.6 is 15.9 Å². The molecule has 9 fully saturated rings. The van der Waals surface area contributed by atoms with E-state index in [0.717, 1.165) is 32.1 Å². The van der Waals surface area contributed by atoms with Crippen molar-refractivity contribution in [3.8, 4) is 0 Å². The lowest BCUT2D eigenvalue weighted by Crippen LogP contribution is -2.81. The summed E-state index contributed by atoms with van der Waals surface area (Å²) in [5.41, 5.74) is -2.08. The molecule has 1 amide bonds. The van der Waals surface area contributed by atoms with Crippen LogP contribution in [0, 0.1) is 28.1 Å². The van der Waals surface area contributed by atoms with Gasteiger partial charge in [0.1, 0.15) is 18.0 Å². The van der Waals surface area contributed by atoms with E-state index in [9.17, 15) is 14.7 Å². The molecule has 11 atom stereocenters. The maximum Gasteiger partial charge on any atom is 0.243 e. The number of rotatable bonds is 1.